The van der Waals surface area contributed by atoms with Gasteiger partial charge in [0.1, 0.15) is 10.8 Å². The molecule has 2 amide bonds. The van der Waals surface area contributed by atoms with E-state index in [4.69, 9.17) is 0 Å². The number of nitrogens with one attached hydrogen (secondary N) is 2. The van der Waals surface area contributed by atoms with Gasteiger partial charge in [0, 0.05) is 17.0 Å². The van der Waals surface area contributed by atoms with Crippen LogP contribution in [0.25, 0.3) is 16.6 Å². The lowest BCUT2D eigenvalue weighted by atomic mass is 10.1. The van der Waals surface area contributed by atoms with Gasteiger partial charge in [-0.15, -0.1) is 11.3 Å². The van der Waals surface area contributed by atoms with Crippen LogP contribution in [0.4, 0.5) is 4.39 Å². The number of halogens is 1. The van der Waals surface area contributed by atoms with Crippen molar-refractivity contribution in [3.63, 3.8) is 0 Å². The monoisotopic (exact) mass is 395 g/mol. The summed E-state index contributed by atoms with van der Waals surface area (Å²) in [5.74, 6) is -1.13. The highest BCUT2D eigenvalue weighted by Gasteiger charge is 2.09. The van der Waals surface area contributed by atoms with Crippen molar-refractivity contribution in [1.29, 1.82) is 0 Å². The molecule has 28 heavy (non-hydrogen) atoms. The van der Waals surface area contributed by atoms with Crippen LogP contribution in [-0.2, 0) is 16.0 Å². The molecule has 0 aliphatic rings. The fourth-order valence-corrected chi connectivity index (χ4v) is 3.17. The number of hydrogen-bond donors (Lipinski definition) is 2. The van der Waals surface area contributed by atoms with Gasteiger partial charge >= 0.3 is 0 Å². The van der Waals surface area contributed by atoms with Gasteiger partial charge in [0.05, 0.1) is 12.1 Å². The molecule has 2 aromatic carbocycles. The third kappa shape index (κ3) is 5.59. The van der Waals surface area contributed by atoms with Gasteiger partial charge < -0.3 is 0 Å². The van der Waals surface area contributed by atoms with E-state index in [1.807, 2.05) is 31.2 Å². The lowest BCUT2D eigenvalue weighted by Gasteiger charge is -2.04. The summed E-state index contributed by atoms with van der Waals surface area (Å²) in [5, 5.41) is 2.46. The molecule has 142 valence electrons. The van der Waals surface area contributed by atoms with Crippen LogP contribution < -0.4 is 10.9 Å². The molecule has 3 rings (SSSR count). The van der Waals surface area contributed by atoms with Gasteiger partial charge in [0.15, 0.2) is 0 Å². The van der Waals surface area contributed by atoms with Crippen molar-refractivity contribution >= 4 is 29.2 Å². The molecular formula is C21H18FN3O2S. The van der Waals surface area contributed by atoms with Crippen molar-refractivity contribution in [3.8, 4) is 10.6 Å². The van der Waals surface area contributed by atoms with E-state index in [1.165, 1.54) is 29.5 Å². The van der Waals surface area contributed by atoms with Crippen molar-refractivity contribution < 1.29 is 14.0 Å². The van der Waals surface area contributed by atoms with Crippen LogP contribution in [0.3, 0.4) is 0 Å². The summed E-state index contributed by atoms with van der Waals surface area (Å²) in [6.45, 7) is 1.99. The molecule has 0 radical (unpaired) electrons. The van der Waals surface area contributed by atoms with Gasteiger partial charge in [0.2, 0.25) is 5.91 Å². The second kappa shape index (κ2) is 9.05. The SMILES string of the molecule is Cc1ccc(/C=C/C(=O)NNC(=O)Cc2csc(-c3ccc(F)cc3)n2)cc1. The van der Waals surface area contributed by atoms with Gasteiger partial charge in [-0.3, -0.25) is 20.4 Å². The first-order chi connectivity index (χ1) is 13.5. The molecule has 0 unspecified atom stereocenters. The molecule has 0 saturated carbocycles. The lowest BCUT2D eigenvalue weighted by molar-refractivity contribution is -0.126. The summed E-state index contributed by atoms with van der Waals surface area (Å²) in [6, 6.07) is 13.7. The van der Waals surface area contributed by atoms with E-state index in [9.17, 15) is 14.0 Å². The van der Waals surface area contributed by atoms with Crippen LogP contribution in [0.2, 0.25) is 0 Å². The number of hydrazine groups is 1. The van der Waals surface area contributed by atoms with Crippen LogP contribution >= 0.6 is 11.3 Å². The molecule has 0 spiro atoms. The fraction of sp³-hybridized carbons (Fsp3) is 0.0952. The maximum atomic E-state index is 13.0. The standard InChI is InChI=1S/C21H18FN3O2S/c1-14-2-4-15(5-3-14)6-11-19(26)24-25-20(27)12-18-13-28-21(23-18)16-7-9-17(22)10-8-16/h2-11,13H,12H2,1H3,(H,24,26)(H,25,27)/b11-6+. The summed E-state index contributed by atoms with van der Waals surface area (Å²) >= 11 is 1.37. The Morgan fingerprint density at radius 1 is 1.07 bits per heavy atom. The van der Waals surface area contributed by atoms with Crippen LogP contribution in [0.5, 0.6) is 0 Å². The molecule has 0 aliphatic heterocycles. The Kier molecular flexibility index (Phi) is 6.29. The number of thiazole rings is 1. The number of rotatable bonds is 5. The number of aromatic nitrogens is 1. The predicted octanol–water partition coefficient (Wildman–Crippen LogP) is 3.66. The van der Waals surface area contributed by atoms with Crippen LogP contribution in [0.1, 0.15) is 16.8 Å². The number of aryl methyl sites for hydroxylation is 1. The molecule has 1 heterocycles. The highest BCUT2D eigenvalue weighted by Crippen LogP contribution is 2.24. The minimum Gasteiger partial charge on any atom is -0.273 e. The van der Waals surface area contributed by atoms with E-state index in [-0.39, 0.29) is 18.1 Å². The average molecular weight is 395 g/mol. The zero-order valence-electron chi connectivity index (χ0n) is 15.1. The van der Waals surface area contributed by atoms with Gasteiger partial charge in [-0.05, 0) is 42.8 Å². The van der Waals surface area contributed by atoms with Crippen LogP contribution in [0, 0.1) is 12.7 Å². The maximum absolute atomic E-state index is 13.0. The summed E-state index contributed by atoms with van der Waals surface area (Å²) in [5.41, 5.74) is 8.08. The number of hydrogen-bond acceptors (Lipinski definition) is 4. The molecule has 1 aromatic heterocycles. The molecule has 0 fully saturated rings. The zero-order valence-corrected chi connectivity index (χ0v) is 15.9. The smallest absolute Gasteiger partial charge is 0.262 e. The Morgan fingerprint density at radius 3 is 2.50 bits per heavy atom. The van der Waals surface area contributed by atoms with E-state index < -0.39 is 5.91 Å². The Morgan fingerprint density at radius 2 is 1.79 bits per heavy atom. The maximum Gasteiger partial charge on any atom is 0.262 e. The predicted molar refractivity (Wildman–Crippen MR) is 108 cm³/mol. The van der Waals surface area contributed by atoms with E-state index >= 15 is 0 Å². The van der Waals surface area contributed by atoms with Crippen LogP contribution in [0.15, 0.2) is 60.0 Å². The highest BCUT2D eigenvalue weighted by molar-refractivity contribution is 7.13. The normalized spacial score (nSPS) is 10.8. The molecule has 5 nitrogen and oxygen atoms in total. The second-order valence-electron chi connectivity index (χ2n) is 6.11. The number of carbonyl (C=O) groups excluding carboxylic acids is 2. The third-order valence-electron chi connectivity index (χ3n) is 3.81. The molecule has 2 N–H and O–H groups in total. The fourth-order valence-electron chi connectivity index (χ4n) is 2.34. The number of amides is 2. The van der Waals surface area contributed by atoms with Gasteiger partial charge in [-0.1, -0.05) is 29.8 Å². The lowest BCUT2D eigenvalue weighted by Crippen LogP contribution is -2.41. The molecule has 0 aliphatic carbocycles. The second-order valence-corrected chi connectivity index (χ2v) is 6.97. The molecule has 0 atom stereocenters. The number of benzene rings is 2. The zero-order chi connectivity index (χ0) is 19.9. The van der Waals surface area contributed by atoms with E-state index in [2.05, 4.69) is 15.8 Å². The van der Waals surface area contributed by atoms with Crippen molar-refractivity contribution in [2.45, 2.75) is 13.3 Å². The minimum absolute atomic E-state index is 0.0274. The third-order valence-corrected chi connectivity index (χ3v) is 4.75. The van der Waals surface area contributed by atoms with Crippen molar-refractivity contribution in [1.82, 2.24) is 15.8 Å². The topological polar surface area (TPSA) is 71.1 Å². The number of nitrogens with zero attached hydrogens (tertiary/aromatic N) is 1. The molecule has 0 bridgehead atoms. The first-order valence-corrected chi connectivity index (χ1v) is 9.41. The van der Waals surface area contributed by atoms with Gasteiger partial charge in [-0.2, -0.15) is 0 Å². The first-order valence-electron chi connectivity index (χ1n) is 8.53. The quantitative estimate of drug-likeness (QED) is 0.512. The van der Waals surface area contributed by atoms with Crippen molar-refractivity contribution in [2.24, 2.45) is 0 Å². The first kappa shape index (κ1) is 19.4. The Bertz CT molecular complexity index is 995. The van der Waals surface area contributed by atoms with E-state index in [1.54, 1.807) is 23.6 Å². The average Bonchev–Trinajstić information content (AvgIpc) is 3.15. The summed E-state index contributed by atoms with van der Waals surface area (Å²) in [7, 11) is 0. The molecule has 3 aromatic rings. The van der Waals surface area contributed by atoms with E-state index in [0.29, 0.717) is 10.7 Å². The van der Waals surface area contributed by atoms with Crippen molar-refractivity contribution in [2.75, 3.05) is 0 Å². The van der Waals surface area contributed by atoms with Crippen molar-refractivity contribution in [3.05, 3.63) is 82.6 Å². The Labute approximate surface area is 165 Å². The summed E-state index contributed by atoms with van der Waals surface area (Å²) in [6.07, 6.45) is 3.04. The van der Waals surface area contributed by atoms with E-state index in [0.717, 1.165) is 16.7 Å². The summed E-state index contributed by atoms with van der Waals surface area (Å²) in [4.78, 5) is 28.2. The Hall–Kier alpha value is -3.32. The highest BCUT2D eigenvalue weighted by atomic mass is 32.1. The van der Waals surface area contributed by atoms with Gasteiger partial charge in [-0.25, -0.2) is 9.37 Å². The number of carbonyl (C=O) groups is 2. The summed E-state index contributed by atoms with van der Waals surface area (Å²) < 4.78 is 13.0. The molecule has 0 saturated heterocycles. The Balaban J connectivity index is 1.48. The van der Waals surface area contributed by atoms with Gasteiger partial charge in [0.25, 0.3) is 5.91 Å². The largest absolute Gasteiger partial charge is 0.273 e. The molecule has 7 heteroatoms. The minimum atomic E-state index is -0.431. The van der Waals surface area contributed by atoms with Crippen LogP contribution in [-0.4, -0.2) is 16.8 Å². The molecular weight excluding hydrogens is 377 g/mol.